The summed E-state index contributed by atoms with van der Waals surface area (Å²) in [5, 5.41) is 9.44. The van der Waals surface area contributed by atoms with Gasteiger partial charge in [0.2, 0.25) is 15.9 Å². The van der Waals surface area contributed by atoms with Crippen molar-refractivity contribution in [3.63, 3.8) is 0 Å². The summed E-state index contributed by atoms with van der Waals surface area (Å²) in [5.74, 6) is -0.975. The van der Waals surface area contributed by atoms with E-state index < -0.39 is 22.0 Å². The molecule has 1 aromatic carbocycles. The number of nitrogens with zero attached hydrogens (tertiary/aromatic N) is 2. The van der Waals surface area contributed by atoms with E-state index in [1.54, 1.807) is 6.07 Å². The molecule has 1 N–H and O–H groups in total. The van der Waals surface area contributed by atoms with Crippen LogP contribution in [0.15, 0.2) is 23.1 Å². The van der Waals surface area contributed by atoms with Crippen molar-refractivity contribution in [1.29, 1.82) is 0 Å². The molecule has 1 heterocycles. The van der Waals surface area contributed by atoms with Crippen LogP contribution < -0.4 is 4.74 Å². The molecule has 0 spiro atoms. The zero-order valence-electron chi connectivity index (χ0n) is 14.4. The summed E-state index contributed by atoms with van der Waals surface area (Å²) >= 11 is 0. The molecule has 0 saturated carbocycles. The van der Waals surface area contributed by atoms with Crippen molar-refractivity contribution in [2.75, 3.05) is 26.7 Å². The predicted octanol–water partition coefficient (Wildman–Crippen LogP) is 0.564. The monoisotopic (exact) mass is 370 g/mol. The first-order chi connectivity index (χ1) is 11.7. The lowest BCUT2D eigenvalue weighted by atomic mass is 10.1. The highest BCUT2D eigenvalue weighted by atomic mass is 32.2. The third-order valence-corrected chi connectivity index (χ3v) is 6.21. The second-order valence-electron chi connectivity index (χ2n) is 5.76. The molecule has 138 valence electrons. The van der Waals surface area contributed by atoms with Crippen LogP contribution in [-0.2, 0) is 26.0 Å². The van der Waals surface area contributed by atoms with E-state index in [4.69, 9.17) is 4.74 Å². The molecule has 1 atom stereocenters. The number of hydrogen-bond donors (Lipinski definition) is 1. The Bertz CT molecular complexity index is 777. The first-order valence-electron chi connectivity index (χ1n) is 7.89. The van der Waals surface area contributed by atoms with E-state index in [1.165, 1.54) is 31.1 Å². The first kappa shape index (κ1) is 19.2. The topological polar surface area (TPSA) is 104 Å². The second-order valence-corrected chi connectivity index (χ2v) is 7.65. The lowest BCUT2D eigenvalue weighted by Crippen LogP contribution is -2.58. The molecule has 0 aromatic heterocycles. The van der Waals surface area contributed by atoms with Gasteiger partial charge in [-0.25, -0.2) is 8.42 Å². The molecule has 1 amide bonds. The van der Waals surface area contributed by atoms with Gasteiger partial charge in [-0.2, -0.15) is 4.31 Å². The SMILES string of the molecule is CCc1cc(S(=O)(=O)N2CCN(C(C)=O)C[C@@H]2C(=O)O)ccc1OC. The maximum Gasteiger partial charge on any atom is 0.323 e. The molecule has 1 saturated heterocycles. The summed E-state index contributed by atoms with van der Waals surface area (Å²) < 4.78 is 32.1. The number of rotatable bonds is 5. The number of aliphatic carboxylic acids is 1. The second kappa shape index (κ2) is 7.40. The normalized spacial score (nSPS) is 18.8. The van der Waals surface area contributed by atoms with Crippen LogP contribution >= 0.6 is 0 Å². The molecule has 1 aliphatic heterocycles. The summed E-state index contributed by atoms with van der Waals surface area (Å²) in [6, 6.07) is 3.16. The molecule has 9 heteroatoms. The Labute approximate surface area is 147 Å². The number of methoxy groups -OCH3 is 1. The Morgan fingerprint density at radius 1 is 1.32 bits per heavy atom. The molecule has 2 rings (SSSR count). The highest BCUT2D eigenvalue weighted by molar-refractivity contribution is 7.89. The number of sulfonamides is 1. The van der Waals surface area contributed by atoms with Crippen molar-refractivity contribution in [3.8, 4) is 5.75 Å². The molecule has 1 fully saturated rings. The van der Waals surface area contributed by atoms with E-state index in [9.17, 15) is 23.1 Å². The Hall–Kier alpha value is -2.13. The van der Waals surface area contributed by atoms with Gasteiger partial charge in [-0.1, -0.05) is 6.92 Å². The number of ether oxygens (including phenoxy) is 1. The average molecular weight is 370 g/mol. The van der Waals surface area contributed by atoms with Crippen LogP contribution in [0.4, 0.5) is 0 Å². The number of amides is 1. The smallest absolute Gasteiger partial charge is 0.323 e. The van der Waals surface area contributed by atoms with Gasteiger partial charge in [0.1, 0.15) is 11.8 Å². The van der Waals surface area contributed by atoms with Gasteiger partial charge in [-0.15, -0.1) is 0 Å². The highest BCUT2D eigenvalue weighted by Crippen LogP contribution is 2.27. The molecule has 1 aromatic rings. The zero-order valence-corrected chi connectivity index (χ0v) is 15.2. The lowest BCUT2D eigenvalue weighted by Gasteiger charge is -2.38. The van der Waals surface area contributed by atoms with Crippen LogP contribution in [0.25, 0.3) is 0 Å². The minimum absolute atomic E-state index is 0.0210. The summed E-state index contributed by atoms with van der Waals surface area (Å²) in [7, 11) is -2.50. The van der Waals surface area contributed by atoms with E-state index in [0.717, 1.165) is 9.87 Å². The summed E-state index contributed by atoms with van der Waals surface area (Å²) in [5.41, 5.74) is 0.720. The van der Waals surface area contributed by atoms with Crippen LogP contribution in [0.3, 0.4) is 0 Å². The molecule has 8 nitrogen and oxygen atoms in total. The molecule has 1 aliphatic rings. The van der Waals surface area contributed by atoms with Gasteiger partial charge < -0.3 is 14.7 Å². The number of benzene rings is 1. The van der Waals surface area contributed by atoms with Crippen molar-refractivity contribution in [1.82, 2.24) is 9.21 Å². The minimum atomic E-state index is -4.00. The molecule has 0 bridgehead atoms. The van der Waals surface area contributed by atoms with Crippen molar-refractivity contribution >= 4 is 21.9 Å². The number of carbonyl (C=O) groups excluding carboxylic acids is 1. The van der Waals surface area contributed by atoms with Gasteiger partial charge in [-0.05, 0) is 30.2 Å². The summed E-state index contributed by atoms with van der Waals surface area (Å²) in [6.07, 6.45) is 0.576. The average Bonchev–Trinajstić information content (AvgIpc) is 2.60. The van der Waals surface area contributed by atoms with Gasteiger partial charge in [0, 0.05) is 26.6 Å². The van der Waals surface area contributed by atoms with E-state index >= 15 is 0 Å². The van der Waals surface area contributed by atoms with E-state index in [2.05, 4.69) is 0 Å². The van der Waals surface area contributed by atoms with E-state index in [0.29, 0.717) is 12.2 Å². The zero-order chi connectivity index (χ0) is 18.8. The van der Waals surface area contributed by atoms with Crippen molar-refractivity contribution < 1.29 is 27.9 Å². The fraction of sp³-hybridized carbons (Fsp3) is 0.500. The van der Waals surface area contributed by atoms with Gasteiger partial charge >= 0.3 is 5.97 Å². The predicted molar refractivity (Wildman–Crippen MR) is 89.9 cm³/mol. The lowest BCUT2D eigenvalue weighted by molar-refractivity contribution is -0.145. The largest absolute Gasteiger partial charge is 0.496 e. The Kier molecular flexibility index (Phi) is 5.69. The van der Waals surface area contributed by atoms with Crippen LogP contribution in [0.1, 0.15) is 19.4 Å². The maximum absolute atomic E-state index is 13.0. The maximum atomic E-state index is 13.0. The van der Waals surface area contributed by atoms with Crippen molar-refractivity contribution in [2.24, 2.45) is 0 Å². The number of hydrogen-bond acceptors (Lipinski definition) is 5. The molecular weight excluding hydrogens is 348 g/mol. The Balaban J connectivity index is 2.41. The number of piperazine rings is 1. The molecule has 25 heavy (non-hydrogen) atoms. The van der Waals surface area contributed by atoms with E-state index in [1.807, 2.05) is 6.92 Å². The minimum Gasteiger partial charge on any atom is -0.496 e. The fourth-order valence-electron chi connectivity index (χ4n) is 2.87. The van der Waals surface area contributed by atoms with Gasteiger partial charge in [0.05, 0.1) is 12.0 Å². The van der Waals surface area contributed by atoms with Gasteiger partial charge in [0.25, 0.3) is 0 Å². The molecule has 0 unspecified atom stereocenters. The van der Waals surface area contributed by atoms with Gasteiger partial charge in [0.15, 0.2) is 0 Å². The highest BCUT2D eigenvalue weighted by Gasteiger charge is 2.41. The van der Waals surface area contributed by atoms with Crippen LogP contribution in [-0.4, -0.2) is 67.4 Å². The fourth-order valence-corrected chi connectivity index (χ4v) is 4.48. The first-order valence-corrected chi connectivity index (χ1v) is 9.33. The summed E-state index contributed by atoms with van der Waals surface area (Å²) in [6.45, 7) is 3.14. The van der Waals surface area contributed by atoms with Crippen LogP contribution in [0.5, 0.6) is 5.75 Å². The van der Waals surface area contributed by atoms with E-state index in [-0.39, 0.29) is 30.4 Å². The quantitative estimate of drug-likeness (QED) is 0.812. The Morgan fingerprint density at radius 2 is 2.00 bits per heavy atom. The molecule has 0 radical (unpaired) electrons. The Morgan fingerprint density at radius 3 is 2.52 bits per heavy atom. The number of carboxylic acids is 1. The van der Waals surface area contributed by atoms with Crippen LogP contribution in [0, 0.1) is 0 Å². The number of carbonyl (C=O) groups is 2. The standard InChI is InChI=1S/C16H22N2O6S/c1-4-12-9-13(5-6-15(12)24-3)25(22,23)18-8-7-17(11(2)19)10-14(18)16(20)21/h5-6,9,14H,4,7-8,10H2,1-3H3,(H,20,21)/t14-/m1/s1. The van der Waals surface area contributed by atoms with Crippen molar-refractivity contribution in [2.45, 2.75) is 31.2 Å². The number of carboxylic acid groups (broad SMARTS) is 1. The van der Waals surface area contributed by atoms with Crippen molar-refractivity contribution in [3.05, 3.63) is 23.8 Å². The molecular formula is C16H22N2O6S. The summed E-state index contributed by atoms with van der Waals surface area (Å²) in [4.78, 5) is 24.4. The third-order valence-electron chi connectivity index (χ3n) is 4.30. The molecule has 0 aliphatic carbocycles. The van der Waals surface area contributed by atoms with Crippen LogP contribution in [0.2, 0.25) is 0 Å². The third kappa shape index (κ3) is 3.77. The number of aryl methyl sites for hydroxylation is 1. The van der Waals surface area contributed by atoms with Gasteiger partial charge in [-0.3, -0.25) is 9.59 Å².